The van der Waals surface area contributed by atoms with E-state index < -0.39 is 5.67 Å². The van der Waals surface area contributed by atoms with Gasteiger partial charge in [-0.15, -0.1) is 0 Å². The lowest BCUT2D eigenvalue weighted by Gasteiger charge is -2.22. The Labute approximate surface area is 97.6 Å². The maximum atomic E-state index is 13.8. The predicted octanol–water partition coefficient (Wildman–Crippen LogP) is 4.68. The Bertz CT molecular complexity index is 398. The second-order valence-corrected chi connectivity index (χ2v) is 4.56. The normalized spacial score (nSPS) is 16.2. The monoisotopic (exact) mass is 218 g/mol. The molecule has 0 radical (unpaired) electrons. The third-order valence-corrected chi connectivity index (χ3v) is 2.77. The molecule has 86 valence electrons. The summed E-state index contributed by atoms with van der Waals surface area (Å²) in [6.45, 7) is 12.8. The van der Waals surface area contributed by atoms with Crippen LogP contribution in [0.5, 0.6) is 0 Å². The molecule has 1 aliphatic carbocycles. The summed E-state index contributed by atoms with van der Waals surface area (Å²) in [7, 11) is 0. The average molecular weight is 218 g/mol. The topological polar surface area (TPSA) is 0 Å². The Morgan fingerprint density at radius 3 is 2.56 bits per heavy atom. The first-order valence-corrected chi connectivity index (χ1v) is 5.46. The molecule has 0 saturated heterocycles. The van der Waals surface area contributed by atoms with Crippen molar-refractivity contribution in [3.63, 3.8) is 0 Å². The highest BCUT2D eigenvalue weighted by atomic mass is 19.1. The van der Waals surface area contributed by atoms with Crippen LogP contribution in [0.1, 0.15) is 27.2 Å². The lowest BCUT2D eigenvalue weighted by Crippen LogP contribution is -2.17. The van der Waals surface area contributed by atoms with Crippen LogP contribution in [0.15, 0.2) is 59.8 Å². The highest BCUT2D eigenvalue weighted by Gasteiger charge is 2.24. The van der Waals surface area contributed by atoms with Gasteiger partial charge < -0.3 is 0 Å². The Morgan fingerprint density at radius 2 is 2.00 bits per heavy atom. The second kappa shape index (κ2) is 4.65. The molecule has 0 aromatic rings. The molecule has 0 nitrogen and oxygen atoms in total. The molecule has 0 atom stereocenters. The fourth-order valence-corrected chi connectivity index (χ4v) is 1.61. The van der Waals surface area contributed by atoms with E-state index in [9.17, 15) is 4.39 Å². The summed E-state index contributed by atoms with van der Waals surface area (Å²) in [5.41, 5.74) is 1.83. The molecular weight excluding hydrogens is 199 g/mol. The lowest BCUT2D eigenvalue weighted by molar-refractivity contribution is 0.273. The lowest BCUT2D eigenvalue weighted by atomic mass is 9.87. The van der Waals surface area contributed by atoms with Gasteiger partial charge in [-0.3, -0.25) is 0 Å². The average Bonchev–Trinajstić information content (AvgIpc) is 2.39. The summed E-state index contributed by atoms with van der Waals surface area (Å²) >= 11 is 0. The van der Waals surface area contributed by atoms with E-state index in [1.807, 2.05) is 19.1 Å². The highest BCUT2D eigenvalue weighted by Crippen LogP contribution is 2.32. The van der Waals surface area contributed by atoms with E-state index in [0.717, 1.165) is 17.6 Å². The standard InChI is InChI=1S/C15H19F/c1-11-9-7-6-8-10-14(11)12(2)13(3)15(4,5)16/h6-7,9-10H,2-3,8H2,1,4-5H3. The van der Waals surface area contributed by atoms with Gasteiger partial charge >= 0.3 is 0 Å². The Morgan fingerprint density at radius 1 is 1.38 bits per heavy atom. The number of hydrogen-bond acceptors (Lipinski definition) is 0. The Kier molecular flexibility index (Phi) is 3.69. The van der Waals surface area contributed by atoms with Crippen LogP contribution in [0.2, 0.25) is 0 Å². The van der Waals surface area contributed by atoms with Crippen LogP contribution in [0.3, 0.4) is 0 Å². The SMILES string of the molecule is C=C(C(=C)C(C)(C)F)C1=CCC=CC=C1C. The van der Waals surface area contributed by atoms with Crippen molar-refractivity contribution in [2.24, 2.45) is 0 Å². The van der Waals surface area contributed by atoms with Crippen LogP contribution in [0.4, 0.5) is 4.39 Å². The first-order chi connectivity index (χ1) is 7.34. The quantitative estimate of drug-likeness (QED) is 0.603. The summed E-state index contributed by atoms with van der Waals surface area (Å²) in [6.07, 6.45) is 9.00. The molecule has 0 fully saturated rings. The molecule has 0 spiro atoms. The van der Waals surface area contributed by atoms with Crippen LogP contribution >= 0.6 is 0 Å². The Balaban J connectivity index is 2.99. The number of hydrogen-bond donors (Lipinski definition) is 0. The van der Waals surface area contributed by atoms with Crippen molar-refractivity contribution in [1.82, 2.24) is 0 Å². The van der Waals surface area contributed by atoms with Gasteiger partial charge in [-0.05, 0) is 49.5 Å². The van der Waals surface area contributed by atoms with E-state index >= 15 is 0 Å². The molecule has 1 aliphatic rings. The maximum Gasteiger partial charge on any atom is 0.130 e. The smallest absolute Gasteiger partial charge is 0.130 e. The van der Waals surface area contributed by atoms with E-state index in [-0.39, 0.29) is 0 Å². The summed E-state index contributed by atoms with van der Waals surface area (Å²) in [4.78, 5) is 0. The van der Waals surface area contributed by atoms with E-state index in [2.05, 4.69) is 25.3 Å². The van der Waals surface area contributed by atoms with Crippen LogP contribution in [0, 0.1) is 0 Å². The fourth-order valence-electron chi connectivity index (χ4n) is 1.61. The summed E-state index contributed by atoms with van der Waals surface area (Å²) < 4.78 is 13.8. The molecule has 0 N–H and O–H groups in total. The van der Waals surface area contributed by atoms with Gasteiger partial charge in [0.15, 0.2) is 0 Å². The summed E-state index contributed by atoms with van der Waals surface area (Å²) in [6, 6.07) is 0. The minimum atomic E-state index is -1.42. The molecule has 0 aromatic heterocycles. The first kappa shape index (κ1) is 12.7. The first-order valence-electron chi connectivity index (χ1n) is 5.46. The zero-order chi connectivity index (χ0) is 12.3. The third kappa shape index (κ3) is 2.82. The van der Waals surface area contributed by atoms with Crippen LogP contribution in [0.25, 0.3) is 0 Å². The van der Waals surface area contributed by atoms with E-state index in [1.165, 1.54) is 13.8 Å². The van der Waals surface area contributed by atoms with Gasteiger partial charge in [-0.2, -0.15) is 0 Å². The number of alkyl halides is 1. The number of rotatable bonds is 3. The van der Waals surface area contributed by atoms with Crippen molar-refractivity contribution in [1.29, 1.82) is 0 Å². The molecule has 0 aromatic carbocycles. The molecule has 1 heteroatoms. The maximum absolute atomic E-state index is 13.8. The van der Waals surface area contributed by atoms with Gasteiger partial charge in [0, 0.05) is 0 Å². The number of halogens is 1. The van der Waals surface area contributed by atoms with E-state index in [0.29, 0.717) is 11.1 Å². The van der Waals surface area contributed by atoms with Crippen molar-refractivity contribution < 1.29 is 4.39 Å². The van der Waals surface area contributed by atoms with Crippen molar-refractivity contribution in [2.75, 3.05) is 0 Å². The minimum absolute atomic E-state index is 0.452. The minimum Gasteiger partial charge on any atom is -0.239 e. The predicted molar refractivity (Wildman–Crippen MR) is 69.1 cm³/mol. The van der Waals surface area contributed by atoms with Crippen molar-refractivity contribution in [2.45, 2.75) is 32.9 Å². The molecule has 0 unspecified atom stereocenters. The zero-order valence-corrected chi connectivity index (χ0v) is 10.3. The molecule has 0 amide bonds. The molecule has 1 rings (SSSR count). The fraction of sp³-hybridized carbons (Fsp3) is 0.333. The Hall–Kier alpha value is -1.37. The van der Waals surface area contributed by atoms with E-state index in [1.54, 1.807) is 0 Å². The molecular formula is C15H19F. The van der Waals surface area contributed by atoms with Gasteiger partial charge in [0.25, 0.3) is 0 Å². The van der Waals surface area contributed by atoms with Gasteiger partial charge in [0.2, 0.25) is 0 Å². The van der Waals surface area contributed by atoms with Crippen molar-refractivity contribution >= 4 is 0 Å². The third-order valence-electron chi connectivity index (χ3n) is 2.77. The molecule has 0 aliphatic heterocycles. The molecule has 0 heterocycles. The summed E-state index contributed by atoms with van der Waals surface area (Å²) in [5.74, 6) is 0. The zero-order valence-electron chi connectivity index (χ0n) is 10.3. The second-order valence-electron chi connectivity index (χ2n) is 4.56. The molecule has 0 saturated carbocycles. The largest absolute Gasteiger partial charge is 0.239 e. The van der Waals surface area contributed by atoms with Crippen LogP contribution < -0.4 is 0 Å². The molecule has 16 heavy (non-hydrogen) atoms. The van der Waals surface area contributed by atoms with Crippen LogP contribution in [-0.4, -0.2) is 5.67 Å². The van der Waals surface area contributed by atoms with Gasteiger partial charge in [0.05, 0.1) is 0 Å². The highest BCUT2D eigenvalue weighted by molar-refractivity contribution is 5.56. The van der Waals surface area contributed by atoms with Crippen LogP contribution in [-0.2, 0) is 0 Å². The number of allylic oxidation sites excluding steroid dienone is 8. The van der Waals surface area contributed by atoms with Crippen molar-refractivity contribution in [3.8, 4) is 0 Å². The van der Waals surface area contributed by atoms with E-state index in [4.69, 9.17) is 0 Å². The summed E-state index contributed by atoms with van der Waals surface area (Å²) in [5, 5.41) is 0. The molecule has 0 bridgehead atoms. The van der Waals surface area contributed by atoms with Gasteiger partial charge in [-0.25, -0.2) is 4.39 Å². The van der Waals surface area contributed by atoms with Crippen molar-refractivity contribution in [3.05, 3.63) is 59.8 Å². The van der Waals surface area contributed by atoms with Gasteiger partial charge in [0.1, 0.15) is 5.67 Å². The van der Waals surface area contributed by atoms with Gasteiger partial charge in [-0.1, -0.05) is 37.5 Å².